The Bertz CT molecular complexity index is 323. The molecule has 1 heterocycles. The van der Waals surface area contributed by atoms with E-state index in [1.807, 2.05) is 0 Å². The Kier molecular flexibility index (Phi) is 5.70. The van der Waals surface area contributed by atoms with Crippen molar-refractivity contribution >= 4 is 22.6 Å². The Labute approximate surface area is 117 Å². The molecule has 1 saturated heterocycles. The van der Waals surface area contributed by atoms with Gasteiger partial charge in [-0.1, -0.05) is 12.1 Å². The summed E-state index contributed by atoms with van der Waals surface area (Å²) in [6.07, 6.45) is 2.70. The number of hydrogen-bond donors (Lipinski definition) is 1. The molecule has 0 aromatic heterocycles. The van der Waals surface area contributed by atoms with Gasteiger partial charge in [-0.15, -0.1) is 0 Å². The SMILES string of the molecule is Ic1ccc(CONCCN2CCCC2)cc1. The smallest absolute Gasteiger partial charge is 0.0933 e. The Hall–Kier alpha value is -0.170. The highest BCUT2D eigenvalue weighted by atomic mass is 127. The van der Waals surface area contributed by atoms with Gasteiger partial charge >= 0.3 is 0 Å². The van der Waals surface area contributed by atoms with E-state index < -0.39 is 0 Å². The number of benzene rings is 1. The van der Waals surface area contributed by atoms with Crippen molar-refractivity contribution in [3.63, 3.8) is 0 Å². The van der Waals surface area contributed by atoms with E-state index in [1.54, 1.807) is 0 Å². The molecular weight excluding hydrogens is 327 g/mol. The van der Waals surface area contributed by atoms with Crippen molar-refractivity contribution in [2.24, 2.45) is 0 Å². The summed E-state index contributed by atoms with van der Waals surface area (Å²) in [6, 6.07) is 8.40. The van der Waals surface area contributed by atoms with E-state index in [2.05, 4.69) is 57.2 Å². The van der Waals surface area contributed by atoms with Crippen molar-refractivity contribution in [1.82, 2.24) is 10.4 Å². The lowest BCUT2D eigenvalue weighted by Crippen LogP contribution is -2.29. The van der Waals surface area contributed by atoms with Crippen LogP contribution < -0.4 is 5.48 Å². The van der Waals surface area contributed by atoms with E-state index in [0.717, 1.165) is 13.1 Å². The standard InChI is InChI=1S/C13H19IN2O/c14-13-5-3-12(4-6-13)11-17-15-7-10-16-8-1-2-9-16/h3-6,15H,1-2,7-11H2. The lowest BCUT2D eigenvalue weighted by atomic mass is 10.2. The third-order valence-electron chi connectivity index (χ3n) is 2.98. The van der Waals surface area contributed by atoms with Crippen LogP contribution in [0.4, 0.5) is 0 Å². The summed E-state index contributed by atoms with van der Waals surface area (Å²) in [5, 5.41) is 0. The molecule has 0 amide bonds. The fourth-order valence-electron chi connectivity index (χ4n) is 2.00. The maximum Gasteiger partial charge on any atom is 0.0933 e. The lowest BCUT2D eigenvalue weighted by Gasteiger charge is -2.14. The zero-order valence-corrected chi connectivity index (χ0v) is 12.2. The minimum Gasteiger partial charge on any atom is -0.302 e. The molecule has 0 aliphatic carbocycles. The van der Waals surface area contributed by atoms with E-state index in [-0.39, 0.29) is 0 Å². The predicted octanol–water partition coefficient (Wildman–Crippen LogP) is 2.41. The Morgan fingerprint density at radius 2 is 1.88 bits per heavy atom. The van der Waals surface area contributed by atoms with Gasteiger partial charge in [-0.2, -0.15) is 0 Å². The second-order valence-corrected chi connectivity index (χ2v) is 5.60. The lowest BCUT2D eigenvalue weighted by molar-refractivity contribution is 0.0241. The summed E-state index contributed by atoms with van der Waals surface area (Å²) in [7, 11) is 0. The minimum absolute atomic E-state index is 0.636. The highest BCUT2D eigenvalue weighted by molar-refractivity contribution is 14.1. The summed E-state index contributed by atoms with van der Waals surface area (Å²) in [6.45, 7) is 5.13. The molecule has 4 heteroatoms. The average molecular weight is 346 g/mol. The molecule has 1 aromatic carbocycles. The maximum atomic E-state index is 5.44. The summed E-state index contributed by atoms with van der Waals surface area (Å²) >= 11 is 2.31. The number of rotatable bonds is 6. The third-order valence-corrected chi connectivity index (χ3v) is 3.70. The van der Waals surface area contributed by atoms with E-state index >= 15 is 0 Å². The largest absolute Gasteiger partial charge is 0.302 e. The van der Waals surface area contributed by atoms with E-state index in [1.165, 1.54) is 35.1 Å². The molecule has 2 rings (SSSR count). The quantitative estimate of drug-likeness (QED) is 0.486. The van der Waals surface area contributed by atoms with E-state index in [9.17, 15) is 0 Å². The van der Waals surface area contributed by atoms with Crippen molar-refractivity contribution in [1.29, 1.82) is 0 Å². The molecular formula is C13H19IN2O. The number of nitrogens with one attached hydrogen (secondary N) is 1. The second-order valence-electron chi connectivity index (χ2n) is 4.36. The number of nitrogens with zero attached hydrogens (tertiary/aromatic N) is 1. The first kappa shape index (κ1) is 13.3. The number of halogens is 1. The Balaban J connectivity index is 1.55. The topological polar surface area (TPSA) is 24.5 Å². The van der Waals surface area contributed by atoms with Crippen molar-refractivity contribution in [3.8, 4) is 0 Å². The number of hydroxylamine groups is 1. The molecule has 1 aliphatic rings. The summed E-state index contributed by atoms with van der Waals surface area (Å²) in [5.74, 6) is 0. The predicted molar refractivity (Wildman–Crippen MR) is 77.6 cm³/mol. The van der Waals surface area contributed by atoms with Crippen LogP contribution in [0.3, 0.4) is 0 Å². The van der Waals surface area contributed by atoms with Crippen molar-refractivity contribution in [3.05, 3.63) is 33.4 Å². The Morgan fingerprint density at radius 3 is 2.59 bits per heavy atom. The van der Waals surface area contributed by atoms with Crippen LogP contribution >= 0.6 is 22.6 Å². The van der Waals surface area contributed by atoms with Crippen LogP contribution in [0.25, 0.3) is 0 Å². The van der Waals surface area contributed by atoms with Crippen molar-refractivity contribution in [2.45, 2.75) is 19.4 Å². The van der Waals surface area contributed by atoms with Gasteiger partial charge in [-0.3, -0.25) is 4.84 Å². The van der Waals surface area contributed by atoms with Gasteiger partial charge in [0.25, 0.3) is 0 Å². The van der Waals surface area contributed by atoms with Crippen LogP contribution in [-0.4, -0.2) is 31.1 Å². The molecule has 94 valence electrons. The van der Waals surface area contributed by atoms with Crippen molar-refractivity contribution < 1.29 is 4.84 Å². The maximum absolute atomic E-state index is 5.44. The van der Waals surface area contributed by atoms with Crippen LogP contribution in [-0.2, 0) is 11.4 Å². The average Bonchev–Trinajstić information content (AvgIpc) is 2.84. The van der Waals surface area contributed by atoms with Gasteiger partial charge in [0, 0.05) is 16.7 Å². The second kappa shape index (κ2) is 7.31. The van der Waals surface area contributed by atoms with Crippen LogP contribution in [0.15, 0.2) is 24.3 Å². The number of hydrogen-bond acceptors (Lipinski definition) is 3. The van der Waals surface area contributed by atoms with Crippen LogP contribution in [0.1, 0.15) is 18.4 Å². The molecule has 0 bridgehead atoms. The van der Waals surface area contributed by atoms with Crippen LogP contribution in [0.5, 0.6) is 0 Å². The van der Waals surface area contributed by atoms with Crippen LogP contribution in [0.2, 0.25) is 0 Å². The minimum atomic E-state index is 0.636. The van der Waals surface area contributed by atoms with Crippen LogP contribution in [0, 0.1) is 3.57 Å². The highest BCUT2D eigenvalue weighted by Gasteiger charge is 2.09. The zero-order valence-electron chi connectivity index (χ0n) is 9.99. The summed E-state index contributed by atoms with van der Waals surface area (Å²) in [4.78, 5) is 7.91. The molecule has 0 saturated carbocycles. The fourth-order valence-corrected chi connectivity index (χ4v) is 2.36. The van der Waals surface area contributed by atoms with Gasteiger partial charge in [-0.25, -0.2) is 5.48 Å². The molecule has 1 fully saturated rings. The summed E-state index contributed by atoms with van der Waals surface area (Å²) < 4.78 is 1.26. The molecule has 0 radical (unpaired) electrons. The van der Waals surface area contributed by atoms with Gasteiger partial charge in [0.2, 0.25) is 0 Å². The van der Waals surface area contributed by atoms with Gasteiger partial charge in [0.1, 0.15) is 0 Å². The van der Waals surface area contributed by atoms with Gasteiger partial charge < -0.3 is 4.90 Å². The first-order chi connectivity index (χ1) is 8.34. The third kappa shape index (κ3) is 4.91. The van der Waals surface area contributed by atoms with E-state index in [0.29, 0.717) is 6.61 Å². The summed E-state index contributed by atoms with van der Waals surface area (Å²) in [5.41, 5.74) is 4.24. The number of likely N-dealkylation sites (tertiary alicyclic amines) is 1. The van der Waals surface area contributed by atoms with Gasteiger partial charge in [-0.05, 0) is 66.2 Å². The van der Waals surface area contributed by atoms with Gasteiger partial charge in [0.15, 0.2) is 0 Å². The first-order valence-electron chi connectivity index (χ1n) is 6.16. The van der Waals surface area contributed by atoms with Gasteiger partial charge in [0.05, 0.1) is 6.61 Å². The molecule has 1 aromatic rings. The normalized spacial score (nSPS) is 16.5. The molecule has 0 unspecified atom stereocenters. The monoisotopic (exact) mass is 346 g/mol. The highest BCUT2D eigenvalue weighted by Crippen LogP contribution is 2.07. The molecule has 0 spiro atoms. The first-order valence-corrected chi connectivity index (χ1v) is 7.24. The molecule has 0 atom stereocenters. The molecule has 17 heavy (non-hydrogen) atoms. The zero-order chi connectivity index (χ0) is 11.9. The molecule has 1 N–H and O–H groups in total. The Morgan fingerprint density at radius 1 is 1.18 bits per heavy atom. The molecule has 1 aliphatic heterocycles. The van der Waals surface area contributed by atoms with Crippen molar-refractivity contribution in [2.75, 3.05) is 26.2 Å². The fraction of sp³-hybridized carbons (Fsp3) is 0.538. The molecule has 3 nitrogen and oxygen atoms in total. The van der Waals surface area contributed by atoms with E-state index in [4.69, 9.17) is 4.84 Å².